The molecule has 0 unspecified atom stereocenters. The van der Waals surface area contributed by atoms with E-state index in [9.17, 15) is 4.79 Å². The second-order valence-electron chi connectivity index (χ2n) is 7.73. The zero-order valence-corrected chi connectivity index (χ0v) is 22.0. The molecule has 0 saturated heterocycles. The van der Waals surface area contributed by atoms with Gasteiger partial charge in [-0.05, 0) is 51.3 Å². The highest BCUT2D eigenvalue weighted by Gasteiger charge is 2.13. The number of amides is 2. The third kappa shape index (κ3) is 9.46. The maximum Gasteiger partial charge on any atom is 0.319 e. The second-order valence-corrected chi connectivity index (χ2v) is 7.73. The van der Waals surface area contributed by atoms with Gasteiger partial charge in [0.1, 0.15) is 0 Å². The van der Waals surface area contributed by atoms with Gasteiger partial charge in [-0.1, -0.05) is 31.1 Å². The van der Waals surface area contributed by atoms with E-state index in [-0.39, 0.29) is 36.0 Å². The molecule has 32 heavy (non-hydrogen) atoms. The van der Waals surface area contributed by atoms with Crippen molar-refractivity contribution in [3.63, 3.8) is 0 Å². The van der Waals surface area contributed by atoms with E-state index < -0.39 is 0 Å². The number of hydrogen-bond donors (Lipinski definition) is 4. The van der Waals surface area contributed by atoms with E-state index in [0.29, 0.717) is 25.0 Å². The summed E-state index contributed by atoms with van der Waals surface area (Å²) in [7, 11) is 0. The minimum absolute atomic E-state index is 0. The Kier molecular flexibility index (Phi) is 12.7. The molecule has 1 aromatic carbocycles. The van der Waals surface area contributed by atoms with E-state index in [4.69, 9.17) is 4.52 Å². The molecule has 2 amide bonds. The van der Waals surface area contributed by atoms with Crippen molar-refractivity contribution in [3.8, 4) is 0 Å². The van der Waals surface area contributed by atoms with Crippen molar-refractivity contribution in [1.82, 2.24) is 21.1 Å². The van der Waals surface area contributed by atoms with Gasteiger partial charge in [-0.25, -0.2) is 9.79 Å². The van der Waals surface area contributed by atoms with Gasteiger partial charge in [0.2, 0.25) is 0 Å². The van der Waals surface area contributed by atoms with Gasteiger partial charge in [-0.15, -0.1) is 24.0 Å². The first-order valence-electron chi connectivity index (χ1n) is 11.1. The molecule has 0 aliphatic heterocycles. The molecule has 4 N–H and O–H groups in total. The highest BCUT2D eigenvalue weighted by molar-refractivity contribution is 14.0. The molecule has 2 rings (SSSR count). The van der Waals surface area contributed by atoms with Crippen LogP contribution in [0.1, 0.15) is 70.4 Å². The first-order chi connectivity index (χ1) is 14.9. The van der Waals surface area contributed by atoms with Gasteiger partial charge < -0.3 is 25.8 Å². The molecule has 0 aliphatic rings. The number of benzene rings is 1. The summed E-state index contributed by atoms with van der Waals surface area (Å²) >= 11 is 0. The molecule has 0 aliphatic carbocycles. The summed E-state index contributed by atoms with van der Waals surface area (Å²) in [6.07, 6.45) is 2.10. The third-order valence-electron chi connectivity index (χ3n) is 4.81. The van der Waals surface area contributed by atoms with Crippen molar-refractivity contribution in [2.24, 2.45) is 4.99 Å². The van der Waals surface area contributed by atoms with E-state index in [2.05, 4.69) is 45.3 Å². The first-order valence-corrected chi connectivity index (χ1v) is 11.1. The molecule has 1 aromatic heterocycles. The summed E-state index contributed by atoms with van der Waals surface area (Å²) < 4.78 is 5.47. The van der Waals surface area contributed by atoms with Crippen LogP contribution >= 0.6 is 24.0 Å². The summed E-state index contributed by atoms with van der Waals surface area (Å²) in [5.74, 6) is 1.94. The second kappa shape index (κ2) is 14.7. The monoisotopic (exact) mass is 556 g/mol. The van der Waals surface area contributed by atoms with Crippen LogP contribution in [0.3, 0.4) is 0 Å². The molecule has 8 nitrogen and oxygen atoms in total. The van der Waals surface area contributed by atoms with Crippen LogP contribution in [0.4, 0.5) is 10.5 Å². The lowest BCUT2D eigenvalue weighted by Crippen LogP contribution is -2.36. The van der Waals surface area contributed by atoms with Gasteiger partial charge in [-0.3, -0.25) is 0 Å². The summed E-state index contributed by atoms with van der Waals surface area (Å²) in [6, 6.07) is 9.56. The van der Waals surface area contributed by atoms with Gasteiger partial charge >= 0.3 is 6.03 Å². The molecule has 1 heterocycles. The quantitative estimate of drug-likeness (QED) is 0.188. The molecule has 178 valence electrons. The summed E-state index contributed by atoms with van der Waals surface area (Å²) in [5, 5.41) is 16.4. The molecule has 0 fully saturated rings. The molecule has 0 radical (unpaired) electrons. The molecule has 9 heteroatoms. The van der Waals surface area contributed by atoms with Crippen LogP contribution in [0.2, 0.25) is 0 Å². The fourth-order valence-electron chi connectivity index (χ4n) is 3.12. The fraction of sp³-hybridized carbons (Fsp3) is 0.522. The van der Waals surface area contributed by atoms with Crippen LogP contribution in [0.5, 0.6) is 0 Å². The Balaban J connectivity index is 0.00000512. The Labute approximate surface area is 208 Å². The number of aromatic nitrogens is 1. The fourth-order valence-corrected chi connectivity index (χ4v) is 3.12. The van der Waals surface area contributed by atoms with Crippen LogP contribution in [-0.4, -0.2) is 29.7 Å². The van der Waals surface area contributed by atoms with Gasteiger partial charge in [0.25, 0.3) is 0 Å². The zero-order chi connectivity index (χ0) is 22.6. The van der Waals surface area contributed by atoms with Gasteiger partial charge in [0.15, 0.2) is 11.7 Å². The van der Waals surface area contributed by atoms with E-state index >= 15 is 0 Å². The average molecular weight is 556 g/mol. The van der Waals surface area contributed by atoms with Crippen LogP contribution in [-0.2, 0) is 13.1 Å². The standard InChI is InChI=1S/C23H36N6O2.HI/c1-6-18(7-2)21-13-20(31-29-21)15-26-22(24-8-3)25-14-17-9-11-19(12-10-17)28-23(30)27-16(4)5;/h9-13,16,18H,6-8,14-15H2,1-5H3,(H2,24,25,26)(H2,27,28,30);1H. The number of aliphatic imine (C=N–C) groups is 1. The first kappa shape index (κ1) is 27.7. The van der Waals surface area contributed by atoms with Crippen LogP contribution in [0, 0.1) is 0 Å². The number of nitrogens with zero attached hydrogens (tertiary/aromatic N) is 2. The van der Waals surface area contributed by atoms with Gasteiger partial charge in [0.05, 0.1) is 18.8 Å². The Morgan fingerprint density at radius 3 is 2.38 bits per heavy atom. The molecule has 0 bridgehead atoms. The van der Waals surface area contributed by atoms with Gasteiger partial charge in [0, 0.05) is 30.3 Å². The minimum atomic E-state index is -0.209. The maximum atomic E-state index is 11.8. The highest BCUT2D eigenvalue weighted by atomic mass is 127. The number of urea groups is 1. The number of carbonyl (C=O) groups excluding carboxylic acids is 1. The molecule has 2 aromatic rings. The predicted molar refractivity (Wildman–Crippen MR) is 141 cm³/mol. The number of hydrogen-bond acceptors (Lipinski definition) is 4. The molecular weight excluding hydrogens is 519 g/mol. The Morgan fingerprint density at radius 2 is 1.78 bits per heavy atom. The summed E-state index contributed by atoms with van der Waals surface area (Å²) in [6.45, 7) is 12.0. The van der Waals surface area contributed by atoms with Crippen molar-refractivity contribution >= 4 is 41.7 Å². The summed E-state index contributed by atoms with van der Waals surface area (Å²) in [4.78, 5) is 16.4. The minimum Gasteiger partial charge on any atom is -0.359 e. The molecule has 0 saturated carbocycles. The lowest BCUT2D eigenvalue weighted by atomic mass is 9.99. The lowest BCUT2D eigenvalue weighted by molar-refractivity contribution is 0.250. The SMILES string of the molecule is CCNC(=NCc1ccc(NC(=O)NC(C)C)cc1)NCc1cc(C(CC)CC)no1.I. The topological polar surface area (TPSA) is 104 Å². The van der Waals surface area contributed by atoms with Crippen LogP contribution in [0.15, 0.2) is 39.8 Å². The normalized spacial score (nSPS) is 11.3. The van der Waals surface area contributed by atoms with Crippen molar-refractivity contribution in [3.05, 3.63) is 47.3 Å². The van der Waals surface area contributed by atoms with Crippen LogP contribution in [0.25, 0.3) is 0 Å². The Bertz CT molecular complexity index is 831. The number of guanidine groups is 1. The highest BCUT2D eigenvalue weighted by Crippen LogP contribution is 2.22. The lowest BCUT2D eigenvalue weighted by Gasteiger charge is -2.11. The summed E-state index contributed by atoms with van der Waals surface area (Å²) in [5.41, 5.74) is 2.80. The average Bonchev–Trinajstić information content (AvgIpc) is 3.20. The largest absolute Gasteiger partial charge is 0.359 e. The number of halogens is 1. The number of rotatable bonds is 10. The molecular formula is C23H37IN6O2. The van der Waals surface area contributed by atoms with E-state index in [1.54, 1.807) is 0 Å². The number of nitrogens with one attached hydrogen (secondary N) is 4. The van der Waals surface area contributed by atoms with Crippen molar-refractivity contribution < 1.29 is 9.32 Å². The third-order valence-corrected chi connectivity index (χ3v) is 4.81. The predicted octanol–water partition coefficient (Wildman–Crippen LogP) is 4.98. The van der Waals surface area contributed by atoms with Crippen LogP contribution < -0.4 is 21.3 Å². The van der Waals surface area contributed by atoms with Crippen molar-refractivity contribution in [2.45, 2.75) is 72.5 Å². The Hall–Kier alpha value is -2.30. The van der Waals surface area contributed by atoms with E-state index in [0.717, 1.165) is 42.1 Å². The van der Waals surface area contributed by atoms with E-state index in [1.165, 1.54) is 0 Å². The number of carbonyl (C=O) groups is 1. The number of anilines is 1. The van der Waals surface area contributed by atoms with E-state index in [1.807, 2.05) is 51.1 Å². The zero-order valence-electron chi connectivity index (χ0n) is 19.7. The maximum absolute atomic E-state index is 11.8. The van der Waals surface area contributed by atoms with Gasteiger partial charge in [-0.2, -0.15) is 0 Å². The van der Waals surface area contributed by atoms with Crippen molar-refractivity contribution in [2.75, 3.05) is 11.9 Å². The molecule has 0 atom stereocenters. The Morgan fingerprint density at radius 1 is 1.09 bits per heavy atom. The smallest absolute Gasteiger partial charge is 0.319 e. The molecule has 0 spiro atoms. The van der Waals surface area contributed by atoms with Crippen molar-refractivity contribution in [1.29, 1.82) is 0 Å².